The van der Waals surface area contributed by atoms with Gasteiger partial charge in [-0.15, -0.1) is 0 Å². The highest BCUT2D eigenvalue weighted by Crippen LogP contribution is 2.29. The first-order valence-electron chi connectivity index (χ1n) is 16.1. The Balaban J connectivity index is 0.934. The molecule has 0 radical (unpaired) electrons. The lowest BCUT2D eigenvalue weighted by Gasteiger charge is -2.31. The number of thiazole rings is 1. The zero-order valence-electron chi connectivity index (χ0n) is 27.2. The molecule has 47 heavy (non-hydrogen) atoms. The van der Waals surface area contributed by atoms with E-state index in [1.165, 1.54) is 10.3 Å². The molecule has 0 bridgehead atoms. The van der Waals surface area contributed by atoms with E-state index in [-0.39, 0.29) is 17.4 Å². The van der Waals surface area contributed by atoms with Gasteiger partial charge in [-0.1, -0.05) is 74.1 Å². The lowest BCUT2D eigenvalue weighted by Crippen LogP contribution is -2.39. The number of fused-ring (bicyclic) bond motifs is 3. The number of aryl methyl sites for hydroxylation is 1. The van der Waals surface area contributed by atoms with Crippen molar-refractivity contribution >= 4 is 50.0 Å². The van der Waals surface area contributed by atoms with E-state index < -0.39 is 0 Å². The summed E-state index contributed by atoms with van der Waals surface area (Å²) in [6.07, 6.45) is 4.71. The van der Waals surface area contributed by atoms with Gasteiger partial charge < -0.3 is 10.2 Å². The minimum atomic E-state index is -0.325. The molecule has 10 heteroatoms. The smallest absolute Gasteiger partial charge is 0.324 e. The molecule has 0 spiro atoms. The summed E-state index contributed by atoms with van der Waals surface area (Å²) in [7, 11) is 0. The average molecular weight is 646 g/mol. The second kappa shape index (κ2) is 12.3. The largest absolute Gasteiger partial charge is 0.337 e. The van der Waals surface area contributed by atoms with Crippen LogP contribution in [0.3, 0.4) is 0 Å². The van der Waals surface area contributed by atoms with E-state index >= 15 is 0 Å². The highest BCUT2D eigenvalue weighted by atomic mass is 32.1. The number of hydrogen-bond donors (Lipinski definition) is 2. The van der Waals surface area contributed by atoms with E-state index in [2.05, 4.69) is 60.7 Å². The van der Waals surface area contributed by atoms with Crippen molar-refractivity contribution in [3.8, 4) is 5.69 Å². The molecule has 0 saturated carbocycles. The molecule has 4 heterocycles. The van der Waals surface area contributed by atoms with Crippen LogP contribution in [0.15, 0.2) is 85.1 Å². The first-order chi connectivity index (χ1) is 22.6. The zero-order chi connectivity index (χ0) is 32.7. The fourth-order valence-corrected chi connectivity index (χ4v) is 7.12. The number of para-hydroxylation sites is 1. The number of urea groups is 1. The molecule has 9 nitrogen and oxygen atoms in total. The summed E-state index contributed by atoms with van der Waals surface area (Å²) >= 11 is 1.60. The van der Waals surface area contributed by atoms with Crippen molar-refractivity contribution in [1.82, 2.24) is 24.1 Å². The number of carbonyl (C=O) groups excluding carboxylic acids is 2. The molecule has 1 aliphatic heterocycles. The molecule has 6 aromatic rings. The first-order valence-corrected chi connectivity index (χ1v) is 16.9. The lowest BCUT2D eigenvalue weighted by molar-refractivity contribution is 0.0685. The van der Waals surface area contributed by atoms with Gasteiger partial charge in [0.25, 0.3) is 5.91 Å². The normalized spacial score (nSPS) is 14.2. The number of carbonyl (C=O) groups is 2. The Labute approximate surface area is 278 Å². The summed E-state index contributed by atoms with van der Waals surface area (Å²) < 4.78 is 4.96. The van der Waals surface area contributed by atoms with Gasteiger partial charge in [-0.2, -0.15) is 5.10 Å². The Kier molecular flexibility index (Phi) is 8.05. The Morgan fingerprint density at radius 2 is 1.66 bits per heavy atom. The summed E-state index contributed by atoms with van der Waals surface area (Å²) in [5.41, 5.74) is 6.30. The van der Waals surface area contributed by atoms with E-state index in [4.69, 9.17) is 5.10 Å². The van der Waals surface area contributed by atoms with Crippen LogP contribution in [0.5, 0.6) is 0 Å². The Morgan fingerprint density at radius 3 is 2.38 bits per heavy atom. The van der Waals surface area contributed by atoms with Gasteiger partial charge in [0.15, 0.2) is 4.96 Å². The number of nitrogens with zero attached hydrogens (tertiary/aromatic N) is 5. The average Bonchev–Trinajstić information content (AvgIpc) is 3.76. The quantitative estimate of drug-likeness (QED) is 0.191. The standard InChI is InChI=1S/C37H39N7O2S/c1-24-9-15-28(16-10-24)44-33(22-32(41-44)37(2,3)4)40-35(46)38-27-13-11-25(12-14-27)21-26-17-19-42(20-18-26)34(45)29-23-43-30-7-5-6-8-31(30)47-36(43)39-29/h5-16,22-23,26H,17-21H2,1-4H3,(H2,38,40,46). The fraction of sp³-hybridized carbons (Fsp3) is 0.297. The molecule has 0 atom stereocenters. The van der Waals surface area contributed by atoms with Gasteiger partial charge in [-0.05, 0) is 74.1 Å². The first kappa shape index (κ1) is 30.7. The molecule has 3 amide bonds. The molecule has 1 aliphatic rings. The molecule has 1 fully saturated rings. The van der Waals surface area contributed by atoms with Crippen LogP contribution in [-0.2, 0) is 11.8 Å². The minimum Gasteiger partial charge on any atom is -0.337 e. The van der Waals surface area contributed by atoms with Crippen LogP contribution < -0.4 is 10.6 Å². The van der Waals surface area contributed by atoms with Crippen molar-refractivity contribution in [1.29, 1.82) is 0 Å². The zero-order valence-corrected chi connectivity index (χ0v) is 28.0. The molecule has 7 rings (SSSR count). The van der Waals surface area contributed by atoms with Gasteiger partial charge in [0.2, 0.25) is 0 Å². The molecular weight excluding hydrogens is 607 g/mol. The van der Waals surface area contributed by atoms with E-state index in [0.717, 1.165) is 65.5 Å². The summed E-state index contributed by atoms with van der Waals surface area (Å²) in [4.78, 5) is 33.8. The summed E-state index contributed by atoms with van der Waals surface area (Å²) in [5, 5.41) is 10.8. The van der Waals surface area contributed by atoms with Crippen LogP contribution in [0.1, 0.15) is 60.9 Å². The molecule has 240 valence electrons. The van der Waals surface area contributed by atoms with Gasteiger partial charge in [0.05, 0.1) is 21.6 Å². The maximum atomic E-state index is 13.3. The van der Waals surface area contributed by atoms with Crippen molar-refractivity contribution in [2.45, 2.75) is 52.4 Å². The van der Waals surface area contributed by atoms with Crippen LogP contribution in [0, 0.1) is 12.8 Å². The van der Waals surface area contributed by atoms with E-state index in [1.807, 2.05) is 77.0 Å². The van der Waals surface area contributed by atoms with Crippen molar-refractivity contribution in [3.63, 3.8) is 0 Å². The second-order valence-corrected chi connectivity index (χ2v) is 14.5. The number of nitrogens with one attached hydrogen (secondary N) is 2. The van der Waals surface area contributed by atoms with Crippen molar-refractivity contribution in [2.75, 3.05) is 23.7 Å². The summed E-state index contributed by atoms with van der Waals surface area (Å²) in [5.74, 6) is 1.11. The van der Waals surface area contributed by atoms with Gasteiger partial charge in [-0.25, -0.2) is 14.5 Å². The molecule has 3 aromatic heterocycles. The summed E-state index contributed by atoms with van der Waals surface area (Å²) in [6.45, 7) is 9.81. The Bertz CT molecular complexity index is 2060. The maximum absolute atomic E-state index is 13.3. The van der Waals surface area contributed by atoms with Crippen LogP contribution in [0.25, 0.3) is 20.9 Å². The van der Waals surface area contributed by atoms with Gasteiger partial charge >= 0.3 is 6.03 Å². The third-order valence-corrected chi connectivity index (χ3v) is 9.89. The highest BCUT2D eigenvalue weighted by Gasteiger charge is 2.26. The minimum absolute atomic E-state index is 0.00804. The van der Waals surface area contributed by atoms with Crippen molar-refractivity contribution < 1.29 is 9.59 Å². The van der Waals surface area contributed by atoms with Crippen LogP contribution >= 0.6 is 11.3 Å². The van der Waals surface area contributed by atoms with Gasteiger partial charge in [-0.3, -0.25) is 14.5 Å². The van der Waals surface area contributed by atoms with Crippen molar-refractivity contribution in [3.05, 3.63) is 108 Å². The molecule has 2 N–H and O–H groups in total. The maximum Gasteiger partial charge on any atom is 0.324 e. The SMILES string of the molecule is Cc1ccc(-n2nc(C(C)(C)C)cc2NC(=O)Nc2ccc(CC3CCN(C(=O)c4cn5c(n4)sc4ccccc45)CC3)cc2)cc1. The number of hydrogen-bond acceptors (Lipinski definition) is 5. The number of piperidine rings is 1. The van der Waals surface area contributed by atoms with Crippen LogP contribution in [0.2, 0.25) is 0 Å². The predicted octanol–water partition coefficient (Wildman–Crippen LogP) is 8.08. The van der Waals surface area contributed by atoms with Crippen LogP contribution in [0.4, 0.5) is 16.3 Å². The summed E-state index contributed by atoms with van der Waals surface area (Å²) in [6, 6.07) is 25.9. The van der Waals surface area contributed by atoms with Gasteiger partial charge in [0.1, 0.15) is 11.5 Å². The van der Waals surface area contributed by atoms with E-state index in [0.29, 0.717) is 17.4 Å². The number of imidazole rings is 1. The number of amides is 3. The van der Waals surface area contributed by atoms with Gasteiger partial charge in [0, 0.05) is 36.5 Å². The Hall–Kier alpha value is -4.96. The number of likely N-dealkylation sites (tertiary alicyclic amines) is 1. The van der Waals surface area contributed by atoms with Crippen molar-refractivity contribution in [2.24, 2.45) is 5.92 Å². The molecule has 0 aliphatic carbocycles. The fourth-order valence-electron chi connectivity index (χ4n) is 6.11. The number of anilines is 2. The molecule has 0 unspecified atom stereocenters. The number of aromatic nitrogens is 4. The second-order valence-electron chi connectivity index (χ2n) is 13.5. The molecule has 1 saturated heterocycles. The molecular formula is C37H39N7O2S. The third kappa shape index (κ3) is 6.51. The molecule has 3 aromatic carbocycles. The predicted molar refractivity (Wildman–Crippen MR) is 189 cm³/mol. The number of benzene rings is 3. The van der Waals surface area contributed by atoms with E-state index in [9.17, 15) is 9.59 Å². The number of rotatable bonds is 6. The Morgan fingerprint density at radius 1 is 0.936 bits per heavy atom. The van der Waals surface area contributed by atoms with E-state index in [1.54, 1.807) is 16.0 Å². The topological polar surface area (TPSA) is 96.6 Å². The monoisotopic (exact) mass is 645 g/mol. The third-order valence-electron chi connectivity index (χ3n) is 8.85. The highest BCUT2D eigenvalue weighted by molar-refractivity contribution is 7.23. The lowest BCUT2D eigenvalue weighted by atomic mass is 9.90. The van der Waals surface area contributed by atoms with Crippen LogP contribution in [-0.4, -0.2) is 49.1 Å².